The Bertz CT molecular complexity index is 1520. The first kappa shape index (κ1) is 18.9. The molecule has 0 radical (unpaired) electrons. The molecule has 0 spiro atoms. The fourth-order valence-electron chi connectivity index (χ4n) is 5.88. The third kappa shape index (κ3) is 2.69. The Morgan fingerprint density at radius 2 is 1.61 bits per heavy atom. The van der Waals surface area contributed by atoms with Crippen LogP contribution in [-0.2, 0) is 10.8 Å². The van der Waals surface area contributed by atoms with Gasteiger partial charge in [0.1, 0.15) is 6.33 Å². The molecule has 0 unspecified atom stereocenters. The lowest BCUT2D eigenvalue weighted by atomic mass is 9.82. The van der Waals surface area contributed by atoms with E-state index in [9.17, 15) is 0 Å². The van der Waals surface area contributed by atoms with Gasteiger partial charge in [0.05, 0.1) is 15.9 Å². The summed E-state index contributed by atoms with van der Waals surface area (Å²) in [6.45, 7) is 11.7. The molecule has 0 saturated heterocycles. The van der Waals surface area contributed by atoms with Gasteiger partial charge in [-0.1, -0.05) is 75.7 Å². The van der Waals surface area contributed by atoms with Crippen LogP contribution in [0.25, 0.3) is 42.3 Å². The molecule has 31 heavy (non-hydrogen) atoms. The quantitative estimate of drug-likeness (QED) is 0.274. The molecule has 2 heterocycles. The maximum absolute atomic E-state index is 4.76. The average Bonchev–Trinajstić information content (AvgIpc) is 3.18. The fraction of sp³-hybridized carbons (Fsp3) is 0.286. The summed E-state index contributed by atoms with van der Waals surface area (Å²) >= 11 is 1.88. The van der Waals surface area contributed by atoms with Gasteiger partial charge in [0.25, 0.3) is 0 Å². The fourth-order valence-corrected chi connectivity index (χ4v) is 7.38. The molecule has 2 aromatic heterocycles. The van der Waals surface area contributed by atoms with E-state index in [0.717, 1.165) is 16.8 Å². The van der Waals surface area contributed by atoms with Gasteiger partial charge in [0.2, 0.25) is 0 Å². The number of hydrogen-bond acceptors (Lipinski definition) is 3. The van der Waals surface area contributed by atoms with Crippen LogP contribution in [0.4, 0.5) is 0 Å². The van der Waals surface area contributed by atoms with Gasteiger partial charge in [-0.25, -0.2) is 9.97 Å². The van der Waals surface area contributed by atoms with E-state index in [0.29, 0.717) is 0 Å². The molecular formula is C28H26N2S. The van der Waals surface area contributed by atoms with Crippen LogP contribution in [0.3, 0.4) is 0 Å². The maximum Gasteiger partial charge on any atom is 0.116 e. The van der Waals surface area contributed by atoms with E-state index < -0.39 is 0 Å². The molecule has 0 atom stereocenters. The van der Waals surface area contributed by atoms with Gasteiger partial charge in [-0.2, -0.15) is 0 Å². The second kappa shape index (κ2) is 6.14. The van der Waals surface area contributed by atoms with Crippen LogP contribution in [0.1, 0.15) is 50.8 Å². The Hall–Kier alpha value is -2.78. The highest BCUT2D eigenvalue weighted by Crippen LogP contribution is 2.54. The summed E-state index contributed by atoms with van der Waals surface area (Å²) < 4.78 is 2.58. The zero-order chi connectivity index (χ0) is 21.5. The third-order valence-electron chi connectivity index (χ3n) is 6.98. The molecule has 1 aliphatic carbocycles. The molecule has 0 fully saturated rings. The van der Waals surface area contributed by atoms with Crippen molar-refractivity contribution in [2.45, 2.75) is 51.9 Å². The highest BCUT2D eigenvalue weighted by molar-refractivity contribution is 7.26. The van der Waals surface area contributed by atoms with Crippen LogP contribution >= 0.6 is 11.3 Å². The Labute approximate surface area is 187 Å². The summed E-state index contributed by atoms with van der Waals surface area (Å²) in [5, 5.41) is 3.79. The molecule has 6 rings (SSSR count). The Morgan fingerprint density at radius 1 is 0.806 bits per heavy atom. The van der Waals surface area contributed by atoms with Crippen molar-refractivity contribution in [1.29, 1.82) is 0 Å². The zero-order valence-electron chi connectivity index (χ0n) is 18.7. The van der Waals surface area contributed by atoms with Crippen LogP contribution in [0, 0.1) is 6.92 Å². The molecule has 3 aromatic carbocycles. The highest BCUT2D eigenvalue weighted by atomic mass is 32.1. The van der Waals surface area contributed by atoms with E-state index in [1.807, 2.05) is 11.3 Å². The SMILES string of the molecule is Cc1ccc2ccc(-c3ncnc4c3sc3c5c(ccc34)C(C)(C)CC5(C)C)cc2c1. The number of fused-ring (bicyclic) bond motifs is 6. The van der Waals surface area contributed by atoms with Crippen LogP contribution < -0.4 is 0 Å². The molecule has 0 saturated carbocycles. The lowest BCUT2D eigenvalue weighted by Crippen LogP contribution is -2.18. The van der Waals surface area contributed by atoms with Crippen LogP contribution in [0.5, 0.6) is 0 Å². The number of aromatic nitrogens is 2. The topological polar surface area (TPSA) is 25.8 Å². The molecule has 5 aromatic rings. The van der Waals surface area contributed by atoms with Crippen molar-refractivity contribution in [1.82, 2.24) is 9.97 Å². The van der Waals surface area contributed by atoms with Crippen molar-refractivity contribution in [2.75, 3.05) is 0 Å². The van der Waals surface area contributed by atoms with Crippen molar-refractivity contribution in [3.63, 3.8) is 0 Å². The molecule has 3 heteroatoms. The maximum atomic E-state index is 4.76. The summed E-state index contributed by atoms with van der Waals surface area (Å²) in [5.41, 5.74) is 7.93. The lowest BCUT2D eigenvalue weighted by Gasteiger charge is -2.22. The number of hydrogen-bond donors (Lipinski definition) is 0. The Morgan fingerprint density at radius 3 is 2.45 bits per heavy atom. The number of benzene rings is 3. The molecule has 0 bridgehead atoms. The summed E-state index contributed by atoms with van der Waals surface area (Å²) in [6, 6.07) is 17.9. The summed E-state index contributed by atoms with van der Waals surface area (Å²) in [4.78, 5) is 9.50. The lowest BCUT2D eigenvalue weighted by molar-refractivity contribution is 0.404. The molecule has 154 valence electrons. The Kier molecular flexibility index (Phi) is 3.75. The first-order chi connectivity index (χ1) is 14.7. The van der Waals surface area contributed by atoms with E-state index in [-0.39, 0.29) is 10.8 Å². The van der Waals surface area contributed by atoms with Crippen LogP contribution in [-0.4, -0.2) is 9.97 Å². The monoisotopic (exact) mass is 422 g/mol. The largest absolute Gasteiger partial charge is 0.235 e. The normalized spacial score (nSPS) is 16.9. The number of rotatable bonds is 1. The number of nitrogens with zero attached hydrogens (tertiary/aromatic N) is 2. The minimum absolute atomic E-state index is 0.160. The van der Waals surface area contributed by atoms with E-state index in [1.165, 1.54) is 48.7 Å². The molecule has 1 aliphatic rings. The predicted octanol–water partition coefficient (Wildman–Crippen LogP) is 7.93. The van der Waals surface area contributed by atoms with Gasteiger partial charge in [-0.3, -0.25) is 0 Å². The first-order valence-electron chi connectivity index (χ1n) is 11.0. The summed E-state index contributed by atoms with van der Waals surface area (Å²) in [7, 11) is 0. The van der Waals surface area contributed by atoms with E-state index in [4.69, 9.17) is 9.97 Å². The molecule has 0 amide bonds. The van der Waals surface area contributed by atoms with Crippen LogP contribution in [0.2, 0.25) is 0 Å². The molecule has 2 nitrogen and oxygen atoms in total. The second-order valence-corrected chi connectivity index (χ2v) is 11.4. The van der Waals surface area contributed by atoms with Gasteiger partial charge in [0.15, 0.2) is 0 Å². The van der Waals surface area contributed by atoms with Crippen molar-refractivity contribution >= 4 is 42.4 Å². The summed E-state index contributed by atoms with van der Waals surface area (Å²) in [5.74, 6) is 0. The summed E-state index contributed by atoms with van der Waals surface area (Å²) in [6.07, 6.45) is 2.90. The van der Waals surface area contributed by atoms with Gasteiger partial charge in [-0.05, 0) is 52.1 Å². The highest BCUT2D eigenvalue weighted by Gasteiger charge is 2.43. The average molecular weight is 423 g/mol. The number of thiophene rings is 1. The molecular weight excluding hydrogens is 396 g/mol. The smallest absolute Gasteiger partial charge is 0.116 e. The van der Waals surface area contributed by atoms with Crippen molar-refractivity contribution < 1.29 is 0 Å². The van der Waals surface area contributed by atoms with Gasteiger partial charge in [-0.15, -0.1) is 11.3 Å². The second-order valence-electron chi connectivity index (χ2n) is 10.4. The predicted molar refractivity (Wildman–Crippen MR) is 133 cm³/mol. The van der Waals surface area contributed by atoms with E-state index in [1.54, 1.807) is 6.33 Å². The number of aryl methyl sites for hydroxylation is 1. The molecule has 0 N–H and O–H groups in total. The van der Waals surface area contributed by atoms with Gasteiger partial charge >= 0.3 is 0 Å². The minimum atomic E-state index is 0.160. The minimum Gasteiger partial charge on any atom is -0.235 e. The third-order valence-corrected chi connectivity index (χ3v) is 8.20. The first-order valence-corrected chi connectivity index (χ1v) is 11.8. The standard InChI is InChI=1S/C28H26N2S/c1-16-6-7-17-8-9-18(13-19(17)12-16)23-26-24(30-15-29-23)20-10-11-21-22(25(20)31-26)28(4,5)14-27(21,2)3/h6-13,15H,14H2,1-5H3. The van der Waals surface area contributed by atoms with Crippen LogP contribution in [0.15, 0.2) is 54.9 Å². The van der Waals surface area contributed by atoms with Crippen molar-refractivity contribution in [3.8, 4) is 11.3 Å². The van der Waals surface area contributed by atoms with Gasteiger partial charge in [0, 0.05) is 15.6 Å². The zero-order valence-corrected chi connectivity index (χ0v) is 19.5. The van der Waals surface area contributed by atoms with Crippen molar-refractivity contribution in [2.24, 2.45) is 0 Å². The van der Waals surface area contributed by atoms with Gasteiger partial charge < -0.3 is 0 Å². The molecule has 0 aliphatic heterocycles. The Balaban J connectivity index is 1.66. The van der Waals surface area contributed by atoms with E-state index >= 15 is 0 Å². The van der Waals surface area contributed by atoms with Crippen molar-refractivity contribution in [3.05, 3.63) is 71.5 Å². The van der Waals surface area contributed by atoms with E-state index in [2.05, 4.69) is 83.1 Å².